The summed E-state index contributed by atoms with van der Waals surface area (Å²) in [6, 6.07) is 5.76. The van der Waals surface area contributed by atoms with E-state index in [0.29, 0.717) is 11.4 Å². The maximum absolute atomic E-state index is 12.0. The molecule has 1 unspecified atom stereocenters. The molecule has 0 bridgehead atoms. The normalized spacial score (nSPS) is 13.2. The molecule has 106 valence electrons. The highest BCUT2D eigenvalue weighted by Gasteiger charge is 2.24. The van der Waals surface area contributed by atoms with Gasteiger partial charge in [-0.1, -0.05) is 17.7 Å². The Bertz CT molecular complexity index is 432. The van der Waals surface area contributed by atoms with Crippen molar-refractivity contribution < 1.29 is 9.53 Å². The van der Waals surface area contributed by atoms with Crippen LogP contribution in [0.5, 0.6) is 0 Å². The number of benzene rings is 1. The van der Waals surface area contributed by atoms with Gasteiger partial charge in [-0.2, -0.15) is 0 Å². The first-order chi connectivity index (χ1) is 8.71. The fraction of sp³-hybridized carbons (Fsp3) is 0.533. The minimum absolute atomic E-state index is 0.257. The molecule has 0 fully saturated rings. The van der Waals surface area contributed by atoms with E-state index in [-0.39, 0.29) is 18.4 Å². The van der Waals surface area contributed by atoms with Crippen molar-refractivity contribution in [2.24, 2.45) is 11.7 Å². The Morgan fingerprint density at radius 3 is 2.47 bits per heavy atom. The van der Waals surface area contributed by atoms with Gasteiger partial charge in [0.15, 0.2) is 0 Å². The molecule has 1 rings (SSSR count). The number of ether oxygens (including phenoxy) is 1. The molecule has 3 nitrogen and oxygen atoms in total. The molecule has 0 heterocycles. The van der Waals surface area contributed by atoms with Crippen molar-refractivity contribution in [2.45, 2.75) is 39.7 Å². The van der Waals surface area contributed by atoms with Crippen LogP contribution in [0.2, 0.25) is 5.02 Å². The summed E-state index contributed by atoms with van der Waals surface area (Å²) in [5, 5.41) is 0.676. The van der Waals surface area contributed by atoms with Crippen LogP contribution < -0.4 is 5.73 Å². The zero-order chi connectivity index (χ0) is 14.6. The maximum atomic E-state index is 12.0. The highest BCUT2D eigenvalue weighted by Crippen LogP contribution is 2.19. The van der Waals surface area contributed by atoms with Gasteiger partial charge < -0.3 is 10.5 Å². The van der Waals surface area contributed by atoms with Gasteiger partial charge in [0.1, 0.15) is 5.60 Å². The second-order valence-corrected chi connectivity index (χ2v) is 6.24. The molecule has 4 heteroatoms. The molecule has 0 amide bonds. The average molecular weight is 284 g/mol. The van der Waals surface area contributed by atoms with Crippen LogP contribution in [-0.2, 0) is 16.0 Å². The molecule has 0 saturated heterocycles. The number of esters is 1. The smallest absolute Gasteiger partial charge is 0.311 e. The summed E-state index contributed by atoms with van der Waals surface area (Å²) in [6.07, 6.45) is 0.548. The highest BCUT2D eigenvalue weighted by molar-refractivity contribution is 6.30. The van der Waals surface area contributed by atoms with E-state index in [1.54, 1.807) is 0 Å². The van der Waals surface area contributed by atoms with Gasteiger partial charge in [0.25, 0.3) is 0 Å². The number of carbonyl (C=O) groups excluding carboxylic acids is 1. The molecule has 0 aliphatic heterocycles. The molecule has 0 radical (unpaired) electrons. The third-order valence-corrected chi connectivity index (χ3v) is 2.83. The highest BCUT2D eigenvalue weighted by atomic mass is 35.5. The Hall–Kier alpha value is -1.06. The topological polar surface area (TPSA) is 52.3 Å². The average Bonchev–Trinajstić information content (AvgIpc) is 2.21. The Morgan fingerprint density at radius 1 is 1.37 bits per heavy atom. The summed E-state index contributed by atoms with van der Waals surface area (Å²) in [4.78, 5) is 12.0. The van der Waals surface area contributed by atoms with Crippen LogP contribution in [0.3, 0.4) is 0 Å². The molecule has 1 atom stereocenters. The van der Waals surface area contributed by atoms with Gasteiger partial charge >= 0.3 is 5.97 Å². The van der Waals surface area contributed by atoms with Crippen molar-refractivity contribution >= 4 is 17.6 Å². The molecule has 19 heavy (non-hydrogen) atoms. The van der Waals surface area contributed by atoms with Gasteiger partial charge in [-0.25, -0.2) is 0 Å². The SMILES string of the molecule is Cc1cc(Cl)cc(CC(CN)C(=O)OC(C)(C)C)c1. The molecule has 0 spiro atoms. The summed E-state index contributed by atoms with van der Waals surface area (Å²) in [6.45, 7) is 7.78. The Labute approximate surface area is 120 Å². The van der Waals surface area contributed by atoms with Crippen molar-refractivity contribution in [2.75, 3.05) is 6.54 Å². The number of carbonyl (C=O) groups is 1. The van der Waals surface area contributed by atoms with Crippen LogP contribution in [-0.4, -0.2) is 18.1 Å². The number of nitrogens with two attached hydrogens (primary N) is 1. The first-order valence-electron chi connectivity index (χ1n) is 6.40. The number of hydrogen-bond donors (Lipinski definition) is 1. The molecular weight excluding hydrogens is 262 g/mol. The Balaban J connectivity index is 2.79. The number of hydrogen-bond acceptors (Lipinski definition) is 3. The number of rotatable bonds is 4. The molecular formula is C15H22ClNO2. The quantitative estimate of drug-likeness (QED) is 0.864. The minimum atomic E-state index is -0.491. The van der Waals surface area contributed by atoms with E-state index in [9.17, 15) is 4.79 Å². The Kier molecular flexibility index (Phi) is 5.39. The zero-order valence-corrected chi connectivity index (χ0v) is 12.8. The lowest BCUT2D eigenvalue weighted by molar-refractivity contribution is -0.159. The number of aryl methyl sites for hydroxylation is 1. The predicted molar refractivity (Wildman–Crippen MR) is 78.3 cm³/mol. The summed E-state index contributed by atoms with van der Waals surface area (Å²) in [5.41, 5.74) is 7.27. The zero-order valence-electron chi connectivity index (χ0n) is 12.0. The van der Waals surface area contributed by atoms with Crippen LogP contribution in [0.15, 0.2) is 18.2 Å². The monoisotopic (exact) mass is 283 g/mol. The van der Waals surface area contributed by atoms with Crippen LogP contribution >= 0.6 is 11.6 Å². The van der Waals surface area contributed by atoms with Crippen LogP contribution in [0.1, 0.15) is 31.9 Å². The fourth-order valence-electron chi connectivity index (χ4n) is 1.86. The molecule has 0 saturated carbocycles. The van der Waals surface area contributed by atoms with E-state index in [2.05, 4.69) is 0 Å². The van der Waals surface area contributed by atoms with Gasteiger partial charge in [0.05, 0.1) is 5.92 Å². The lowest BCUT2D eigenvalue weighted by Gasteiger charge is -2.23. The summed E-state index contributed by atoms with van der Waals surface area (Å²) in [7, 11) is 0. The molecule has 1 aromatic rings. The minimum Gasteiger partial charge on any atom is -0.460 e. The Morgan fingerprint density at radius 2 is 2.00 bits per heavy atom. The van der Waals surface area contributed by atoms with Crippen molar-refractivity contribution in [3.05, 3.63) is 34.3 Å². The van der Waals surface area contributed by atoms with Crippen molar-refractivity contribution in [3.8, 4) is 0 Å². The van der Waals surface area contributed by atoms with Gasteiger partial charge in [-0.15, -0.1) is 0 Å². The first kappa shape index (κ1) is 16.0. The van der Waals surface area contributed by atoms with E-state index in [4.69, 9.17) is 22.1 Å². The predicted octanol–water partition coefficient (Wildman–Crippen LogP) is 3.11. The van der Waals surface area contributed by atoms with E-state index < -0.39 is 5.60 Å². The molecule has 1 aromatic carbocycles. The summed E-state index contributed by atoms with van der Waals surface area (Å²) < 4.78 is 5.37. The molecule has 0 aliphatic rings. The van der Waals surface area contributed by atoms with Gasteiger partial charge in [0.2, 0.25) is 0 Å². The van der Waals surface area contributed by atoms with E-state index in [1.807, 2.05) is 45.9 Å². The van der Waals surface area contributed by atoms with Crippen molar-refractivity contribution in [3.63, 3.8) is 0 Å². The molecule has 0 aliphatic carbocycles. The maximum Gasteiger partial charge on any atom is 0.311 e. The van der Waals surface area contributed by atoms with Crippen LogP contribution in [0.4, 0.5) is 0 Å². The van der Waals surface area contributed by atoms with Crippen molar-refractivity contribution in [1.82, 2.24) is 0 Å². The standard InChI is InChI=1S/C15H22ClNO2/c1-10-5-11(8-13(16)6-10)7-12(9-17)14(18)19-15(2,3)4/h5-6,8,12H,7,9,17H2,1-4H3. The van der Waals surface area contributed by atoms with Gasteiger partial charge in [0, 0.05) is 11.6 Å². The number of halogens is 1. The third-order valence-electron chi connectivity index (χ3n) is 2.61. The molecule has 2 N–H and O–H groups in total. The van der Waals surface area contributed by atoms with E-state index >= 15 is 0 Å². The van der Waals surface area contributed by atoms with E-state index in [0.717, 1.165) is 11.1 Å². The second-order valence-electron chi connectivity index (χ2n) is 5.81. The fourth-order valence-corrected chi connectivity index (χ4v) is 2.17. The van der Waals surface area contributed by atoms with Crippen molar-refractivity contribution in [1.29, 1.82) is 0 Å². The lowest BCUT2D eigenvalue weighted by Crippen LogP contribution is -2.33. The van der Waals surface area contributed by atoms with Crippen LogP contribution in [0, 0.1) is 12.8 Å². The van der Waals surface area contributed by atoms with Gasteiger partial charge in [-0.3, -0.25) is 4.79 Å². The molecule has 0 aromatic heterocycles. The first-order valence-corrected chi connectivity index (χ1v) is 6.78. The summed E-state index contributed by atoms with van der Waals surface area (Å²) >= 11 is 6.02. The third kappa shape index (κ3) is 5.62. The lowest BCUT2D eigenvalue weighted by atomic mass is 9.98. The largest absolute Gasteiger partial charge is 0.460 e. The van der Waals surface area contributed by atoms with Crippen LogP contribution in [0.25, 0.3) is 0 Å². The second kappa shape index (κ2) is 6.40. The summed E-state index contributed by atoms with van der Waals surface area (Å²) in [5.74, 6) is -0.593. The van der Waals surface area contributed by atoms with E-state index in [1.165, 1.54) is 0 Å². The van der Waals surface area contributed by atoms with Gasteiger partial charge in [-0.05, 0) is 57.4 Å².